The van der Waals surface area contributed by atoms with E-state index in [9.17, 15) is 9.18 Å². The second-order valence-corrected chi connectivity index (χ2v) is 5.42. The Balaban J connectivity index is 1.95. The Bertz CT molecular complexity index is 701. The molecule has 0 aromatic heterocycles. The summed E-state index contributed by atoms with van der Waals surface area (Å²) in [5.41, 5.74) is 1.55. The number of hydrogen-bond acceptors (Lipinski definition) is 2. The van der Waals surface area contributed by atoms with E-state index in [4.69, 9.17) is 4.74 Å². The molecule has 1 amide bonds. The maximum Gasteiger partial charge on any atom is 0.244 e. The SMILES string of the molecule is COc1cccc(/C=C/C(=O)NCc2cc(F)ccc2Br)c1. The summed E-state index contributed by atoms with van der Waals surface area (Å²) in [6, 6.07) is 11.7. The molecule has 0 aliphatic rings. The summed E-state index contributed by atoms with van der Waals surface area (Å²) in [5.74, 6) is 0.143. The fourth-order valence-corrected chi connectivity index (χ4v) is 2.22. The van der Waals surface area contributed by atoms with E-state index in [2.05, 4.69) is 21.2 Å². The average molecular weight is 364 g/mol. The monoisotopic (exact) mass is 363 g/mol. The molecule has 22 heavy (non-hydrogen) atoms. The van der Waals surface area contributed by atoms with Gasteiger partial charge in [-0.05, 0) is 47.5 Å². The number of ether oxygens (including phenoxy) is 1. The molecular weight excluding hydrogens is 349 g/mol. The van der Waals surface area contributed by atoms with Gasteiger partial charge in [0.2, 0.25) is 5.91 Å². The molecule has 1 N–H and O–H groups in total. The third-order valence-corrected chi connectivity index (χ3v) is 3.76. The van der Waals surface area contributed by atoms with E-state index < -0.39 is 0 Å². The van der Waals surface area contributed by atoms with Crippen molar-refractivity contribution in [1.82, 2.24) is 5.32 Å². The van der Waals surface area contributed by atoms with E-state index in [1.165, 1.54) is 18.2 Å². The highest BCUT2D eigenvalue weighted by Gasteiger charge is 2.03. The number of benzene rings is 2. The topological polar surface area (TPSA) is 38.3 Å². The van der Waals surface area contributed by atoms with Gasteiger partial charge < -0.3 is 10.1 Å². The number of halogens is 2. The zero-order valence-corrected chi connectivity index (χ0v) is 13.6. The standard InChI is InChI=1S/C17H15BrFNO2/c1-22-15-4-2-3-12(9-15)5-8-17(21)20-11-13-10-14(19)6-7-16(13)18/h2-10H,11H2,1H3,(H,20,21)/b8-5+. The second kappa shape index (κ2) is 7.75. The number of carbonyl (C=O) groups excluding carboxylic acids is 1. The molecule has 0 saturated heterocycles. The van der Waals surface area contributed by atoms with Crippen LogP contribution in [0.4, 0.5) is 4.39 Å². The summed E-state index contributed by atoms with van der Waals surface area (Å²) in [7, 11) is 1.59. The molecule has 0 spiro atoms. The minimum absolute atomic E-state index is 0.250. The number of rotatable bonds is 5. The normalized spacial score (nSPS) is 10.7. The van der Waals surface area contributed by atoms with Crippen LogP contribution in [0, 0.1) is 5.82 Å². The smallest absolute Gasteiger partial charge is 0.244 e. The molecule has 0 heterocycles. The van der Waals surface area contributed by atoms with Crippen molar-refractivity contribution in [3.05, 3.63) is 70.0 Å². The second-order valence-electron chi connectivity index (χ2n) is 4.56. The van der Waals surface area contributed by atoms with Crippen LogP contribution in [0.25, 0.3) is 6.08 Å². The molecular formula is C17H15BrFNO2. The van der Waals surface area contributed by atoms with Gasteiger partial charge in [0.1, 0.15) is 11.6 Å². The number of methoxy groups -OCH3 is 1. The molecule has 2 rings (SSSR count). The summed E-state index contributed by atoms with van der Waals surface area (Å²) in [6.07, 6.45) is 3.13. The van der Waals surface area contributed by atoms with E-state index >= 15 is 0 Å². The molecule has 3 nitrogen and oxygen atoms in total. The average Bonchev–Trinajstić information content (AvgIpc) is 2.54. The van der Waals surface area contributed by atoms with Crippen LogP contribution in [0.2, 0.25) is 0 Å². The number of carbonyl (C=O) groups is 1. The molecule has 2 aromatic rings. The zero-order valence-electron chi connectivity index (χ0n) is 12.0. The van der Waals surface area contributed by atoms with Crippen LogP contribution in [0.3, 0.4) is 0 Å². The van der Waals surface area contributed by atoms with E-state index in [-0.39, 0.29) is 18.3 Å². The lowest BCUT2D eigenvalue weighted by Crippen LogP contribution is -2.20. The quantitative estimate of drug-likeness (QED) is 0.817. The van der Waals surface area contributed by atoms with Gasteiger partial charge in [0.25, 0.3) is 0 Å². The number of hydrogen-bond donors (Lipinski definition) is 1. The Hall–Kier alpha value is -2.14. The first-order valence-corrected chi connectivity index (χ1v) is 7.41. The number of amides is 1. The zero-order chi connectivity index (χ0) is 15.9. The predicted octanol–water partition coefficient (Wildman–Crippen LogP) is 3.93. The van der Waals surface area contributed by atoms with Crippen LogP contribution in [0.1, 0.15) is 11.1 Å². The Morgan fingerprint density at radius 3 is 2.91 bits per heavy atom. The lowest BCUT2D eigenvalue weighted by molar-refractivity contribution is -0.116. The molecule has 0 aliphatic heterocycles. The Morgan fingerprint density at radius 2 is 2.14 bits per heavy atom. The highest BCUT2D eigenvalue weighted by molar-refractivity contribution is 9.10. The Kier molecular flexibility index (Phi) is 5.72. The molecule has 0 fully saturated rings. The molecule has 0 saturated carbocycles. The molecule has 0 unspecified atom stereocenters. The van der Waals surface area contributed by atoms with Crippen LogP contribution in [-0.2, 0) is 11.3 Å². The summed E-state index contributed by atoms with van der Waals surface area (Å²) in [6.45, 7) is 0.250. The van der Waals surface area contributed by atoms with Gasteiger partial charge in [-0.15, -0.1) is 0 Å². The highest BCUT2D eigenvalue weighted by atomic mass is 79.9. The van der Waals surface area contributed by atoms with Crippen molar-refractivity contribution in [1.29, 1.82) is 0 Å². The molecule has 5 heteroatoms. The third-order valence-electron chi connectivity index (χ3n) is 2.98. The summed E-state index contributed by atoms with van der Waals surface area (Å²) in [4.78, 5) is 11.8. The molecule has 0 atom stereocenters. The summed E-state index contributed by atoms with van der Waals surface area (Å²) in [5, 5.41) is 2.71. The van der Waals surface area contributed by atoms with E-state index in [1.54, 1.807) is 19.3 Å². The summed E-state index contributed by atoms with van der Waals surface area (Å²) >= 11 is 3.32. The number of nitrogens with one attached hydrogen (secondary N) is 1. The fourth-order valence-electron chi connectivity index (χ4n) is 1.84. The van der Waals surface area contributed by atoms with Crippen molar-refractivity contribution in [2.45, 2.75) is 6.54 Å². The van der Waals surface area contributed by atoms with E-state index in [1.807, 2.05) is 24.3 Å². The van der Waals surface area contributed by atoms with E-state index in [0.29, 0.717) is 5.56 Å². The van der Waals surface area contributed by atoms with Gasteiger partial charge in [0, 0.05) is 17.1 Å². The third kappa shape index (κ3) is 4.70. The van der Waals surface area contributed by atoms with Crippen LogP contribution in [0.5, 0.6) is 5.75 Å². The van der Waals surface area contributed by atoms with Crippen molar-refractivity contribution in [3.63, 3.8) is 0 Å². The van der Waals surface area contributed by atoms with Gasteiger partial charge in [-0.2, -0.15) is 0 Å². The van der Waals surface area contributed by atoms with Crippen LogP contribution >= 0.6 is 15.9 Å². The fraction of sp³-hybridized carbons (Fsp3) is 0.118. The highest BCUT2D eigenvalue weighted by Crippen LogP contribution is 2.17. The molecule has 114 valence electrons. The summed E-state index contributed by atoms with van der Waals surface area (Å²) < 4.78 is 19.0. The van der Waals surface area contributed by atoms with Crippen molar-refractivity contribution in [2.24, 2.45) is 0 Å². The first kappa shape index (κ1) is 16.2. The predicted molar refractivity (Wildman–Crippen MR) is 88.0 cm³/mol. The molecule has 0 radical (unpaired) electrons. The van der Waals surface area contributed by atoms with E-state index in [0.717, 1.165) is 15.8 Å². The molecule has 0 aliphatic carbocycles. The molecule has 0 bridgehead atoms. The first-order valence-electron chi connectivity index (χ1n) is 6.62. The van der Waals surface area contributed by atoms with Crippen molar-refractivity contribution >= 4 is 27.9 Å². The van der Waals surface area contributed by atoms with Crippen molar-refractivity contribution < 1.29 is 13.9 Å². The van der Waals surface area contributed by atoms with Crippen LogP contribution in [-0.4, -0.2) is 13.0 Å². The van der Waals surface area contributed by atoms with Crippen molar-refractivity contribution in [2.75, 3.05) is 7.11 Å². The lowest BCUT2D eigenvalue weighted by atomic mass is 10.2. The van der Waals surface area contributed by atoms with Crippen molar-refractivity contribution in [3.8, 4) is 5.75 Å². The van der Waals surface area contributed by atoms with Gasteiger partial charge in [0.15, 0.2) is 0 Å². The van der Waals surface area contributed by atoms with Gasteiger partial charge in [0.05, 0.1) is 7.11 Å². The van der Waals surface area contributed by atoms with Crippen LogP contribution in [0.15, 0.2) is 53.0 Å². The van der Waals surface area contributed by atoms with Gasteiger partial charge in [-0.3, -0.25) is 4.79 Å². The maximum atomic E-state index is 13.2. The largest absolute Gasteiger partial charge is 0.497 e. The minimum Gasteiger partial charge on any atom is -0.497 e. The first-order chi connectivity index (χ1) is 10.6. The molecule has 2 aromatic carbocycles. The van der Waals surface area contributed by atoms with Gasteiger partial charge in [-0.1, -0.05) is 28.1 Å². The minimum atomic E-state index is -0.334. The van der Waals surface area contributed by atoms with Gasteiger partial charge in [-0.25, -0.2) is 4.39 Å². The maximum absolute atomic E-state index is 13.2. The Labute approximate surface area is 136 Å². The lowest BCUT2D eigenvalue weighted by Gasteiger charge is -2.05. The van der Waals surface area contributed by atoms with Crippen LogP contribution < -0.4 is 10.1 Å². The Morgan fingerprint density at radius 1 is 1.32 bits per heavy atom. The van der Waals surface area contributed by atoms with Gasteiger partial charge >= 0.3 is 0 Å².